The van der Waals surface area contributed by atoms with Crippen LogP contribution < -0.4 is 15.3 Å². The minimum Gasteiger partial charge on any atom is -0.397 e. The first-order chi connectivity index (χ1) is 16.9. The summed E-state index contributed by atoms with van der Waals surface area (Å²) >= 11 is 20.5. The molecule has 0 bridgehead atoms. The van der Waals surface area contributed by atoms with Gasteiger partial charge in [-0.2, -0.15) is 0 Å². The summed E-state index contributed by atoms with van der Waals surface area (Å²) in [5.74, 6) is 0.239. The molecular weight excluding hydrogens is 545 g/mol. The highest BCUT2D eigenvalue weighted by Gasteiger charge is 2.11. The van der Waals surface area contributed by atoms with E-state index in [0.29, 0.717) is 26.0 Å². The van der Waals surface area contributed by atoms with Crippen LogP contribution in [0.25, 0.3) is 22.4 Å². The van der Waals surface area contributed by atoms with Crippen molar-refractivity contribution in [3.63, 3.8) is 0 Å². The van der Waals surface area contributed by atoms with Gasteiger partial charge in [0.15, 0.2) is 17.3 Å². The second kappa shape index (κ2) is 12.0. The van der Waals surface area contributed by atoms with Gasteiger partial charge < -0.3 is 9.92 Å². The number of nitrogens with one attached hydrogen (secondary N) is 1. The Morgan fingerprint density at radius 3 is 2.31 bits per heavy atom. The summed E-state index contributed by atoms with van der Waals surface area (Å²) in [7, 11) is 1.77. The van der Waals surface area contributed by atoms with Gasteiger partial charge in [0.25, 0.3) is 0 Å². The molecule has 11 heteroatoms. The Bertz CT molecular complexity index is 1310. The van der Waals surface area contributed by atoms with Crippen molar-refractivity contribution >= 4 is 64.3 Å². The standard InChI is InChI=1S/C24H20Cl3N5OS2/c1-32(35-33-22-11-10-21(27)34-22)31-24(28)30-14-15-12-20(16-2-6-18(25)7-3-16)23(29-13-15)17-4-8-19(26)9-5-17/h2-13H,14H2,1H3,(H3,28,30,31). The Kier molecular flexibility index (Phi) is 8.78. The van der Waals surface area contributed by atoms with Gasteiger partial charge >= 0.3 is 0 Å². The summed E-state index contributed by atoms with van der Waals surface area (Å²) in [6.07, 6.45) is 1.79. The summed E-state index contributed by atoms with van der Waals surface area (Å²) in [4.78, 5) is 9.16. The Morgan fingerprint density at radius 2 is 1.69 bits per heavy atom. The van der Waals surface area contributed by atoms with E-state index >= 15 is 0 Å². The lowest BCUT2D eigenvalue weighted by Crippen LogP contribution is -2.40. The van der Waals surface area contributed by atoms with Gasteiger partial charge in [-0.05, 0) is 53.6 Å². The highest BCUT2D eigenvalue weighted by Crippen LogP contribution is 2.33. The van der Waals surface area contributed by atoms with Gasteiger partial charge in [-0.1, -0.05) is 70.4 Å². The van der Waals surface area contributed by atoms with Crippen molar-refractivity contribution in [1.29, 1.82) is 0 Å². The van der Waals surface area contributed by atoms with Crippen molar-refractivity contribution in [2.45, 2.75) is 6.54 Å². The summed E-state index contributed by atoms with van der Waals surface area (Å²) in [6, 6.07) is 20.9. The number of pyridine rings is 1. The number of nitrogens with zero attached hydrogens (tertiary/aromatic N) is 3. The second-order valence-electron chi connectivity index (χ2n) is 7.28. The molecule has 0 saturated carbocycles. The number of nitrogens with two attached hydrogens (primary N) is 1. The van der Waals surface area contributed by atoms with E-state index in [2.05, 4.69) is 16.5 Å². The van der Waals surface area contributed by atoms with Crippen LogP contribution in [0.4, 0.5) is 0 Å². The van der Waals surface area contributed by atoms with Gasteiger partial charge in [-0.15, -0.1) is 4.41 Å². The average molecular weight is 565 g/mol. The van der Waals surface area contributed by atoms with Crippen LogP contribution in [0.2, 0.25) is 14.4 Å². The zero-order valence-corrected chi connectivity index (χ0v) is 22.3. The zero-order valence-electron chi connectivity index (χ0n) is 18.4. The minimum atomic E-state index is 0.239. The molecule has 2 heterocycles. The summed E-state index contributed by atoms with van der Waals surface area (Å²) in [5.41, 5.74) is 13.7. The molecule has 0 aliphatic carbocycles. The van der Waals surface area contributed by atoms with E-state index in [-0.39, 0.29) is 5.96 Å². The molecular formula is C24H20Cl3N5OS2. The van der Waals surface area contributed by atoms with E-state index in [0.717, 1.165) is 40.2 Å². The number of halogens is 3. The van der Waals surface area contributed by atoms with Crippen molar-refractivity contribution in [3.8, 4) is 27.4 Å². The van der Waals surface area contributed by atoms with Crippen LogP contribution in [0.3, 0.4) is 0 Å². The third kappa shape index (κ3) is 7.27. The molecule has 180 valence electrons. The number of guanidine groups is 1. The van der Waals surface area contributed by atoms with Gasteiger partial charge in [0.1, 0.15) is 0 Å². The minimum absolute atomic E-state index is 0.239. The number of thiophene rings is 1. The summed E-state index contributed by atoms with van der Waals surface area (Å²) in [6.45, 7) is 0.340. The molecule has 0 radical (unpaired) electrons. The molecule has 0 atom stereocenters. The Labute approximate surface area is 227 Å². The largest absolute Gasteiger partial charge is 0.397 e. The van der Waals surface area contributed by atoms with Gasteiger partial charge in [0.05, 0.1) is 16.6 Å². The third-order valence-electron chi connectivity index (χ3n) is 4.70. The van der Waals surface area contributed by atoms with Crippen molar-refractivity contribution in [1.82, 2.24) is 14.8 Å². The predicted octanol–water partition coefficient (Wildman–Crippen LogP) is 7.33. The number of hydrogen-bond acceptors (Lipinski definition) is 6. The maximum absolute atomic E-state index is 6.10. The molecule has 0 aliphatic heterocycles. The van der Waals surface area contributed by atoms with Crippen molar-refractivity contribution in [3.05, 3.63) is 92.9 Å². The number of aromatic nitrogens is 1. The molecule has 0 fully saturated rings. The first-order valence-electron chi connectivity index (χ1n) is 10.3. The van der Waals surface area contributed by atoms with Crippen LogP contribution in [0, 0.1) is 0 Å². The monoisotopic (exact) mass is 563 g/mol. The highest BCUT2D eigenvalue weighted by atomic mass is 35.5. The molecule has 4 rings (SSSR count). The first kappa shape index (κ1) is 25.6. The number of benzene rings is 2. The first-order valence-corrected chi connectivity index (χ1v) is 12.9. The zero-order chi connectivity index (χ0) is 24.8. The van der Waals surface area contributed by atoms with Gasteiger partial charge in [0, 0.05) is 34.4 Å². The fraction of sp³-hybridized carbons (Fsp3) is 0.0833. The molecule has 35 heavy (non-hydrogen) atoms. The van der Waals surface area contributed by atoms with Crippen LogP contribution >= 0.6 is 58.4 Å². The molecule has 0 saturated heterocycles. The van der Waals surface area contributed by atoms with E-state index < -0.39 is 0 Å². The molecule has 0 aliphatic rings. The van der Waals surface area contributed by atoms with E-state index in [1.807, 2.05) is 48.5 Å². The molecule has 2 aromatic carbocycles. The average Bonchev–Trinajstić information content (AvgIpc) is 3.27. The number of hydrazine groups is 1. The molecule has 0 unspecified atom stereocenters. The van der Waals surface area contributed by atoms with Crippen molar-refractivity contribution < 1.29 is 4.18 Å². The highest BCUT2D eigenvalue weighted by molar-refractivity contribution is 7.92. The topological polar surface area (TPSA) is 75.8 Å². The SMILES string of the molecule is CN(NC(N)=NCc1cnc(-c2ccc(Cl)cc2)c(-c2ccc(Cl)cc2)c1)SOc1ccc(Cl)s1. The summed E-state index contributed by atoms with van der Waals surface area (Å²) in [5, 5.41) is 2.02. The smallest absolute Gasteiger partial charge is 0.204 e. The van der Waals surface area contributed by atoms with Gasteiger partial charge in [-0.25, -0.2) is 4.99 Å². The number of aliphatic imine (C=N–C) groups is 1. The third-order valence-corrected chi connectivity index (χ3v) is 6.99. The fourth-order valence-corrected chi connectivity index (χ4v) is 4.72. The predicted molar refractivity (Wildman–Crippen MR) is 149 cm³/mol. The van der Waals surface area contributed by atoms with Crippen LogP contribution in [0.1, 0.15) is 5.56 Å². The Balaban J connectivity index is 1.49. The molecule has 0 amide bonds. The fourth-order valence-electron chi connectivity index (χ4n) is 3.11. The molecule has 2 aromatic heterocycles. The summed E-state index contributed by atoms with van der Waals surface area (Å²) < 4.78 is 7.83. The number of hydrogen-bond donors (Lipinski definition) is 2. The number of rotatable bonds is 8. The van der Waals surface area contributed by atoms with E-state index in [9.17, 15) is 0 Å². The van der Waals surface area contributed by atoms with E-state index in [1.54, 1.807) is 29.8 Å². The lowest BCUT2D eigenvalue weighted by Gasteiger charge is -2.16. The lowest BCUT2D eigenvalue weighted by atomic mass is 9.98. The van der Waals surface area contributed by atoms with Gasteiger partial charge in [0.2, 0.25) is 5.96 Å². The Hall–Kier alpha value is -2.46. The van der Waals surface area contributed by atoms with Crippen LogP contribution in [0.5, 0.6) is 5.06 Å². The molecule has 6 nitrogen and oxygen atoms in total. The second-order valence-corrected chi connectivity index (χ2v) is 10.7. The molecule has 0 spiro atoms. The van der Waals surface area contributed by atoms with Crippen LogP contribution in [-0.4, -0.2) is 22.4 Å². The van der Waals surface area contributed by atoms with Crippen molar-refractivity contribution in [2.75, 3.05) is 7.05 Å². The molecule has 4 aromatic rings. The van der Waals surface area contributed by atoms with Crippen LogP contribution in [-0.2, 0) is 6.54 Å². The Morgan fingerprint density at radius 1 is 1.03 bits per heavy atom. The van der Waals surface area contributed by atoms with E-state index in [4.69, 9.17) is 49.7 Å². The van der Waals surface area contributed by atoms with E-state index in [1.165, 1.54) is 11.3 Å². The molecule has 3 N–H and O–H groups in total. The van der Waals surface area contributed by atoms with Crippen molar-refractivity contribution in [2.24, 2.45) is 10.7 Å². The quantitative estimate of drug-likeness (QED) is 0.0767. The lowest BCUT2D eigenvalue weighted by molar-refractivity contribution is 0.474. The normalized spacial score (nSPS) is 11.6. The maximum atomic E-state index is 6.10. The maximum Gasteiger partial charge on any atom is 0.204 e. The van der Waals surface area contributed by atoms with Crippen LogP contribution in [0.15, 0.2) is 77.9 Å². The van der Waals surface area contributed by atoms with Gasteiger partial charge in [-0.3, -0.25) is 10.4 Å².